The highest BCUT2D eigenvalue weighted by molar-refractivity contribution is 7.99. The monoisotopic (exact) mass is 783 g/mol. The molecule has 7 rings (SSSR count). The van der Waals surface area contributed by atoms with Crippen LogP contribution in [-0.4, -0.2) is 47.1 Å². The van der Waals surface area contributed by atoms with E-state index in [4.69, 9.17) is 23.6 Å². The third-order valence-electron chi connectivity index (χ3n) is 9.96. The minimum absolute atomic E-state index is 0.0384. The topological polar surface area (TPSA) is 132 Å². The fraction of sp³-hybridized carbons (Fsp3) is 0.239. The van der Waals surface area contributed by atoms with E-state index in [1.165, 1.54) is 18.9 Å². The van der Waals surface area contributed by atoms with E-state index in [0.717, 1.165) is 44.6 Å². The Bertz CT molecular complexity index is 2140. The van der Waals surface area contributed by atoms with Gasteiger partial charge in [0.15, 0.2) is 12.1 Å². The molecule has 0 radical (unpaired) electrons. The summed E-state index contributed by atoms with van der Waals surface area (Å²) in [6.45, 7) is 2.32. The number of carbonyl (C=O) groups is 2. The Morgan fingerprint density at radius 2 is 1.39 bits per heavy atom. The molecule has 10 nitrogen and oxygen atoms in total. The number of oxazole rings is 1. The highest BCUT2D eigenvalue weighted by atomic mass is 32.2. The van der Waals surface area contributed by atoms with Crippen LogP contribution in [0.3, 0.4) is 0 Å². The zero-order chi connectivity index (χ0) is 39.6. The number of benzene rings is 5. The first kappa shape index (κ1) is 39.5. The van der Waals surface area contributed by atoms with Crippen molar-refractivity contribution < 1.29 is 33.3 Å². The molecule has 1 aliphatic heterocycles. The van der Waals surface area contributed by atoms with Gasteiger partial charge in [-0.25, -0.2) is 14.6 Å². The maximum atomic E-state index is 12.9. The highest BCUT2D eigenvalue weighted by Gasteiger charge is 2.39. The molecule has 6 aromatic rings. The van der Waals surface area contributed by atoms with Crippen LogP contribution in [0.2, 0.25) is 0 Å². The normalized spacial score (nSPS) is 18.4. The first-order valence-electron chi connectivity index (χ1n) is 18.9. The maximum Gasteiger partial charge on any atom is 0.328 e. The lowest BCUT2D eigenvalue weighted by Gasteiger charge is -2.41. The number of nitrogens with zero attached hydrogens (tertiary/aromatic N) is 1. The van der Waals surface area contributed by atoms with Crippen molar-refractivity contribution in [3.8, 4) is 22.6 Å². The Labute approximate surface area is 336 Å². The molecular weight excluding hydrogens is 739 g/mol. The predicted octanol–water partition coefficient (Wildman–Crippen LogP) is 8.67. The van der Waals surface area contributed by atoms with E-state index < -0.39 is 24.3 Å². The number of aliphatic hydroxyl groups is 1. The van der Waals surface area contributed by atoms with Crippen molar-refractivity contribution in [1.29, 1.82) is 0 Å². The van der Waals surface area contributed by atoms with Crippen molar-refractivity contribution in [3.63, 3.8) is 0 Å². The molecule has 5 aromatic carbocycles. The molecule has 2 amide bonds. The number of aliphatic hydroxyl groups excluding tert-OH is 1. The van der Waals surface area contributed by atoms with Crippen LogP contribution in [0.15, 0.2) is 149 Å². The Morgan fingerprint density at radius 1 is 0.772 bits per heavy atom. The molecule has 57 heavy (non-hydrogen) atoms. The zero-order valence-corrected chi connectivity index (χ0v) is 32.6. The minimum Gasteiger partial charge on any atom is -0.467 e. The van der Waals surface area contributed by atoms with Crippen LogP contribution in [0.25, 0.3) is 22.6 Å². The summed E-state index contributed by atoms with van der Waals surface area (Å²) < 4.78 is 24.7. The van der Waals surface area contributed by atoms with Crippen molar-refractivity contribution in [3.05, 3.63) is 167 Å². The minimum atomic E-state index is -0.831. The second-order valence-electron chi connectivity index (χ2n) is 13.9. The third-order valence-corrected chi connectivity index (χ3v) is 10.9. The lowest BCUT2D eigenvalue weighted by molar-refractivity contribution is -0.268. The highest BCUT2D eigenvalue weighted by Crippen LogP contribution is 2.44. The number of ether oxygens (including phenoxy) is 3. The largest absolute Gasteiger partial charge is 0.467 e. The number of nitrogens with one attached hydrogen (secondary N) is 2. The van der Waals surface area contributed by atoms with Crippen LogP contribution in [0, 0.1) is 5.92 Å². The molecule has 0 spiro atoms. The fourth-order valence-electron chi connectivity index (χ4n) is 6.77. The second-order valence-corrected chi connectivity index (χ2v) is 14.8. The summed E-state index contributed by atoms with van der Waals surface area (Å²) >= 11 is 1.51. The van der Waals surface area contributed by atoms with Gasteiger partial charge in [-0.15, -0.1) is 0 Å². The maximum absolute atomic E-state index is 12.9. The smallest absolute Gasteiger partial charge is 0.328 e. The van der Waals surface area contributed by atoms with E-state index >= 15 is 0 Å². The summed E-state index contributed by atoms with van der Waals surface area (Å²) in [5, 5.41) is 15.8. The first-order valence-corrected chi connectivity index (χ1v) is 19.9. The Kier molecular flexibility index (Phi) is 13.1. The Morgan fingerprint density at radius 3 is 2.04 bits per heavy atom. The van der Waals surface area contributed by atoms with Crippen LogP contribution in [0.4, 0.5) is 4.79 Å². The average Bonchev–Trinajstić information content (AvgIpc) is 3.70. The fourth-order valence-corrected chi connectivity index (χ4v) is 7.76. The molecule has 1 saturated heterocycles. The molecule has 0 saturated carbocycles. The van der Waals surface area contributed by atoms with Gasteiger partial charge in [-0.2, -0.15) is 0 Å². The molecule has 3 N–H and O–H groups in total. The van der Waals surface area contributed by atoms with E-state index in [9.17, 15) is 14.7 Å². The molecule has 1 aromatic heterocycles. The SMILES string of the molecule is COC(=O)C(Cc1ccccc1)NC(=O)NCc1ccc(C2OC(CSc3nc(-c4ccccc4)c(-c4ccccc4)o3)C(C)C(c3ccc(CO)cc3)O2)cc1. The summed E-state index contributed by atoms with van der Waals surface area (Å²) in [7, 11) is 1.30. The number of urea groups is 1. The summed E-state index contributed by atoms with van der Waals surface area (Å²) in [4.78, 5) is 30.2. The molecule has 5 atom stereocenters. The number of rotatable bonds is 14. The van der Waals surface area contributed by atoms with Gasteiger partial charge in [-0.1, -0.05) is 158 Å². The summed E-state index contributed by atoms with van der Waals surface area (Å²) in [6, 6.07) is 43.7. The van der Waals surface area contributed by atoms with Gasteiger partial charge in [0.05, 0.1) is 25.9 Å². The summed E-state index contributed by atoms with van der Waals surface area (Å²) in [5.41, 5.74) is 7.10. The van der Waals surface area contributed by atoms with Crippen LogP contribution in [-0.2, 0) is 38.6 Å². The molecule has 5 unspecified atom stereocenters. The van der Waals surface area contributed by atoms with Gasteiger partial charge in [0.1, 0.15) is 11.7 Å². The number of hydrogen-bond donors (Lipinski definition) is 3. The van der Waals surface area contributed by atoms with Gasteiger partial charge in [0.2, 0.25) is 0 Å². The van der Waals surface area contributed by atoms with E-state index in [1.54, 1.807) is 0 Å². The van der Waals surface area contributed by atoms with Gasteiger partial charge >= 0.3 is 12.0 Å². The number of hydrogen-bond acceptors (Lipinski definition) is 9. The summed E-state index contributed by atoms with van der Waals surface area (Å²) in [5.74, 6) is 0.716. The predicted molar refractivity (Wildman–Crippen MR) is 219 cm³/mol. The van der Waals surface area contributed by atoms with E-state index in [1.807, 2.05) is 140 Å². The van der Waals surface area contributed by atoms with Crippen LogP contribution >= 0.6 is 11.8 Å². The van der Waals surface area contributed by atoms with Crippen molar-refractivity contribution in [1.82, 2.24) is 15.6 Å². The molecule has 1 aliphatic rings. The zero-order valence-electron chi connectivity index (χ0n) is 31.7. The van der Waals surface area contributed by atoms with Gasteiger partial charge in [-0.05, 0) is 22.3 Å². The molecule has 0 aliphatic carbocycles. The first-order chi connectivity index (χ1) is 27.9. The Hall–Kier alpha value is -5.72. The third kappa shape index (κ3) is 10.00. The van der Waals surface area contributed by atoms with Gasteiger partial charge in [-0.3, -0.25) is 0 Å². The van der Waals surface area contributed by atoms with Crippen molar-refractivity contribution in [2.24, 2.45) is 5.92 Å². The van der Waals surface area contributed by atoms with Crippen LogP contribution in [0.5, 0.6) is 0 Å². The molecule has 292 valence electrons. The lowest BCUT2D eigenvalue weighted by Crippen LogP contribution is -2.47. The van der Waals surface area contributed by atoms with Gasteiger partial charge in [0, 0.05) is 41.3 Å². The molecule has 1 fully saturated rings. The lowest BCUT2D eigenvalue weighted by atomic mass is 9.91. The molecular formula is C46H45N3O7S. The number of thioether (sulfide) groups is 1. The van der Waals surface area contributed by atoms with Crippen molar-refractivity contribution in [2.45, 2.75) is 56.3 Å². The van der Waals surface area contributed by atoms with Crippen molar-refractivity contribution >= 4 is 23.8 Å². The summed E-state index contributed by atoms with van der Waals surface area (Å²) in [6.07, 6.45) is -0.909. The van der Waals surface area contributed by atoms with Gasteiger partial charge < -0.3 is 34.4 Å². The quantitative estimate of drug-likeness (QED) is 0.0734. The Balaban J connectivity index is 1.05. The standard InChI is InChI=1S/C46H45N3O7S/c1-30-39(29-57-46-49-40(34-14-8-4-9-15-34)42(56-46)35-16-10-5-11-17-35)54-44(55-41(30)36-22-20-33(28-50)21-23-36)37-24-18-32(19-25-37)27-47-45(52)48-38(43(51)53-2)26-31-12-6-3-7-13-31/h3-25,30,38-39,41,44,50H,26-29H2,1-2H3,(H2,47,48,52). The van der Waals surface area contributed by atoms with Crippen LogP contribution < -0.4 is 10.6 Å². The number of carbonyl (C=O) groups excluding carboxylic acids is 2. The second kappa shape index (κ2) is 18.9. The number of methoxy groups -OCH3 is 1. The number of aromatic nitrogens is 1. The van der Waals surface area contributed by atoms with E-state index in [0.29, 0.717) is 23.2 Å². The molecule has 0 bridgehead atoms. The van der Waals surface area contributed by atoms with E-state index in [-0.39, 0.29) is 31.3 Å². The average molecular weight is 784 g/mol. The van der Waals surface area contributed by atoms with Gasteiger partial charge in [0.25, 0.3) is 5.22 Å². The molecule has 11 heteroatoms. The van der Waals surface area contributed by atoms with E-state index in [2.05, 4.69) is 17.6 Å². The number of esters is 1. The molecule has 2 heterocycles. The van der Waals surface area contributed by atoms with Crippen LogP contribution in [0.1, 0.15) is 47.1 Å². The van der Waals surface area contributed by atoms with Crippen molar-refractivity contribution in [2.75, 3.05) is 12.9 Å². The number of amides is 2.